The van der Waals surface area contributed by atoms with E-state index < -0.39 is 0 Å². The van der Waals surface area contributed by atoms with Gasteiger partial charge in [0.25, 0.3) is 0 Å². The van der Waals surface area contributed by atoms with Gasteiger partial charge in [-0.05, 0) is 32.4 Å². The van der Waals surface area contributed by atoms with Crippen LogP contribution >= 0.6 is 11.6 Å². The van der Waals surface area contributed by atoms with E-state index in [-0.39, 0.29) is 0 Å². The summed E-state index contributed by atoms with van der Waals surface area (Å²) in [7, 11) is 0. The Bertz CT molecular complexity index is 605. The highest BCUT2D eigenvalue weighted by Crippen LogP contribution is 2.16. The molecule has 108 valence electrons. The third kappa shape index (κ3) is 4.27. The van der Waals surface area contributed by atoms with Gasteiger partial charge in [0, 0.05) is 21.9 Å². The average Bonchev–Trinajstić information content (AvgIpc) is 2.50. The van der Waals surface area contributed by atoms with E-state index in [1.54, 1.807) is 0 Å². The summed E-state index contributed by atoms with van der Waals surface area (Å²) in [5.74, 6) is 0. The molecule has 0 aromatic heterocycles. The Morgan fingerprint density at radius 2 is 1.43 bits per heavy atom. The molecule has 0 N–H and O–H groups in total. The Kier molecular flexibility index (Phi) is 5.29. The van der Waals surface area contributed by atoms with E-state index in [4.69, 9.17) is 11.6 Å². The maximum Gasteiger partial charge on any atom is 0.100 e. The highest BCUT2D eigenvalue weighted by atomic mass is 35.5. The highest BCUT2D eigenvalue weighted by molar-refractivity contribution is 6.30. The molecular weight excluding hydrogens is 280 g/mol. The van der Waals surface area contributed by atoms with Gasteiger partial charge in [0.15, 0.2) is 0 Å². The van der Waals surface area contributed by atoms with Crippen LogP contribution in [0.1, 0.15) is 37.0 Å². The molecule has 0 unspecified atom stereocenters. The number of hydrogen-bond donors (Lipinski definition) is 0. The molecule has 2 rings (SSSR count). The fourth-order valence-electron chi connectivity index (χ4n) is 1.81. The highest BCUT2D eigenvalue weighted by Gasteiger charge is 2.07. The largest absolute Gasteiger partial charge is 0.160 e. The van der Waals surface area contributed by atoms with E-state index in [0.29, 0.717) is 0 Å². The van der Waals surface area contributed by atoms with Gasteiger partial charge in [0.2, 0.25) is 0 Å². The van der Waals surface area contributed by atoms with Crippen molar-refractivity contribution in [2.24, 2.45) is 10.2 Å². The van der Waals surface area contributed by atoms with Crippen molar-refractivity contribution in [1.29, 1.82) is 0 Å². The minimum absolute atomic E-state index is 0.718. The molecule has 0 fully saturated rings. The summed E-state index contributed by atoms with van der Waals surface area (Å²) in [6.45, 7) is 6.13. The van der Waals surface area contributed by atoms with Gasteiger partial charge in [-0.15, -0.1) is 5.10 Å². The molecule has 0 atom stereocenters. The summed E-state index contributed by atoms with van der Waals surface area (Å²) in [4.78, 5) is 0. The van der Waals surface area contributed by atoms with Crippen LogP contribution in [0.15, 0.2) is 58.7 Å². The Labute approximate surface area is 131 Å². The van der Waals surface area contributed by atoms with Crippen LogP contribution in [0.5, 0.6) is 0 Å². The van der Waals surface area contributed by atoms with Crippen LogP contribution in [-0.2, 0) is 0 Å². The fraction of sp³-hybridized carbons (Fsp3) is 0.222. The topological polar surface area (TPSA) is 24.7 Å². The molecule has 2 nitrogen and oxygen atoms in total. The predicted molar refractivity (Wildman–Crippen MR) is 91.7 cm³/mol. The van der Waals surface area contributed by atoms with Gasteiger partial charge in [0.1, 0.15) is 5.71 Å². The van der Waals surface area contributed by atoms with Gasteiger partial charge in [-0.25, -0.2) is 0 Å². The lowest BCUT2D eigenvalue weighted by Crippen LogP contribution is -2.03. The molecule has 0 heterocycles. The molecule has 2 aromatic carbocycles. The van der Waals surface area contributed by atoms with Gasteiger partial charge >= 0.3 is 0 Å². The molecule has 2 aromatic rings. The lowest BCUT2D eigenvalue weighted by molar-refractivity contribution is 1.16. The predicted octanol–water partition coefficient (Wildman–Crippen LogP) is 5.27. The molecule has 0 saturated carbocycles. The first-order valence-electron chi connectivity index (χ1n) is 7.04. The summed E-state index contributed by atoms with van der Waals surface area (Å²) in [5, 5.41) is 9.49. The number of benzene rings is 2. The van der Waals surface area contributed by atoms with Crippen LogP contribution < -0.4 is 0 Å². The first-order chi connectivity index (χ1) is 10.1. The van der Waals surface area contributed by atoms with Gasteiger partial charge in [-0.3, -0.25) is 0 Å². The molecule has 0 spiro atoms. The molecular formula is C18H19ClN2. The third-order valence-electron chi connectivity index (χ3n) is 3.28. The van der Waals surface area contributed by atoms with Crippen molar-refractivity contribution in [3.05, 3.63) is 70.2 Å². The number of hydrogen-bond acceptors (Lipinski definition) is 2. The lowest BCUT2D eigenvalue weighted by Gasteiger charge is -2.07. The summed E-state index contributed by atoms with van der Waals surface area (Å²) in [6.07, 6.45) is 0.894. The van der Waals surface area contributed by atoms with Crippen molar-refractivity contribution in [1.82, 2.24) is 0 Å². The molecule has 0 saturated heterocycles. The zero-order chi connectivity index (χ0) is 15.2. The summed E-state index contributed by atoms with van der Waals surface area (Å²) >= 11 is 5.97. The third-order valence-corrected chi connectivity index (χ3v) is 3.53. The van der Waals surface area contributed by atoms with Crippen LogP contribution in [-0.4, -0.2) is 11.4 Å². The Morgan fingerprint density at radius 3 is 1.95 bits per heavy atom. The van der Waals surface area contributed by atoms with Gasteiger partial charge < -0.3 is 0 Å². The summed E-state index contributed by atoms with van der Waals surface area (Å²) in [6, 6.07) is 16.0. The zero-order valence-electron chi connectivity index (χ0n) is 12.6. The normalized spacial score (nSPS) is 12.6. The number of aryl methyl sites for hydroxylation is 1. The van der Waals surface area contributed by atoms with Crippen LogP contribution in [0.2, 0.25) is 5.02 Å². The second kappa shape index (κ2) is 7.19. The maximum atomic E-state index is 5.97. The number of rotatable bonds is 4. The van der Waals surface area contributed by atoms with E-state index in [1.165, 1.54) is 5.56 Å². The summed E-state index contributed by atoms with van der Waals surface area (Å²) < 4.78 is 0. The second-order valence-corrected chi connectivity index (χ2v) is 5.45. The molecule has 0 radical (unpaired) electrons. The Morgan fingerprint density at radius 1 is 0.905 bits per heavy atom. The Balaban J connectivity index is 2.48. The fourth-order valence-corrected chi connectivity index (χ4v) is 1.93. The SMILES string of the molecule is CCC(C)=NN=C(c1ccc(C)cc1)c1ccc(Cl)cc1. The molecule has 0 bridgehead atoms. The van der Waals surface area contributed by atoms with Crippen LogP contribution in [0.25, 0.3) is 0 Å². The first kappa shape index (κ1) is 15.5. The molecule has 0 aliphatic rings. The average molecular weight is 299 g/mol. The van der Waals surface area contributed by atoms with Crippen LogP contribution in [0, 0.1) is 6.92 Å². The smallest absolute Gasteiger partial charge is 0.100 e. The number of nitrogens with zero attached hydrogens (tertiary/aromatic N) is 2. The molecule has 0 aliphatic heterocycles. The lowest BCUT2D eigenvalue weighted by atomic mass is 10.0. The van der Waals surface area contributed by atoms with Crippen molar-refractivity contribution < 1.29 is 0 Å². The monoisotopic (exact) mass is 298 g/mol. The minimum Gasteiger partial charge on any atom is -0.160 e. The summed E-state index contributed by atoms with van der Waals surface area (Å²) in [5.41, 5.74) is 5.15. The quantitative estimate of drug-likeness (QED) is 0.542. The Hall–Kier alpha value is -1.93. The maximum absolute atomic E-state index is 5.97. The van der Waals surface area contributed by atoms with Crippen molar-refractivity contribution in [2.45, 2.75) is 27.2 Å². The van der Waals surface area contributed by atoms with Crippen molar-refractivity contribution in [3.8, 4) is 0 Å². The first-order valence-corrected chi connectivity index (χ1v) is 7.42. The van der Waals surface area contributed by atoms with Crippen LogP contribution in [0.4, 0.5) is 0 Å². The van der Waals surface area contributed by atoms with Crippen molar-refractivity contribution in [2.75, 3.05) is 0 Å². The van der Waals surface area contributed by atoms with E-state index in [0.717, 1.165) is 34.0 Å². The zero-order valence-corrected chi connectivity index (χ0v) is 13.4. The number of halogens is 1. The molecule has 3 heteroatoms. The van der Waals surface area contributed by atoms with Gasteiger partial charge in [-0.1, -0.05) is 60.5 Å². The minimum atomic E-state index is 0.718. The van der Waals surface area contributed by atoms with E-state index in [1.807, 2.05) is 31.2 Å². The van der Waals surface area contributed by atoms with Crippen molar-refractivity contribution >= 4 is 23.0 Å². The molecule has 0 amide bonds. The van der Waals surface area contributed by atoms with E-state index in [2.05, 4.69) is 48.3 Å². The van der Waals surface area contributed by atoms with E-state index >= 15 is 0 Å². The van der Waals surface area contributed by atoms with Crippen molar-refractivity contribution in [3.63, 3.8) is 0 Å². The van der Waals surface area contributed by atoms with E-state index in [9.17, 15) is 0 Å². The van der Waals surface area contributed by atoms with Crippen LogP contribution in [0.3, 0.4) is 0 Å². The molecule has 0 aliphatic carbocycles. The standard InChI is InChI=1S/C18H19ClN2/c1-4-14(3)20-21-18(15-7-5-13(2)6-8-15)16-9-11-17(19)12-10-16/h5-12H,4H2,1-3H3. The molecule has 21 heavy (non-hydrogen) atoms. The van der Waals surface area contributed by atoms with Gasteiger partial charge in [0.05, 0.1) is 0 Å². The second-order valence-electron chi connectivity index (χ2n) is 5.01. The van der Waals surface area contributed by atoms with Gasteiger partial charge in [-0.2, -0.15) is 5.10 Å².